The number of aromatic nitrogens is 1. The Labute approximate surface area is 202 Å². The van der Waals surface area contributed by atoms with Gasteiger partial charge in [0.15, 0.2) is 0 Å². The number of amides is 2. The molecule has 1 heterocycles. The average molecular weight is 504 g/mol. The molecule has 8 nitrogen and oxygen atoms in total. The van der Waals surface area contributed by atoms with Crippen LogP contribution in [0.5, 0.6) is 0 Å². The molecule has 36 heavy (non-hydrogen) atoms. The van der Waals surface area contributed by atoms with Crippen LogP contribution in [-0.2, 0) is 11.8 Å². The molecule has 3 N–H and O–H groups in total. The van der Waals surface area contributed by atoms with Crippen molar-refractivity contribution in [2.24, 2.45) is 7.05 Å². The van der Waals surface area contributed by atoms with Crippen molar-refractivity contribution in [2.75, 3.05) is 5.32 Å². The number of benzene rings is 1. The molecule has 2 aromatic rings. The molecule has 0 radical (unpaired) electrons. The second-order valence-corrected chi connectivity index (χ2v) is 8.43. The number of ketones is 1. The van der Waals surface area contributed by atoms with Gasteiger partial charge in [-0.15, -0.1) is 0 Å². The number of aliphatic hydroxyl groups excluding tert-OH is 1. The number of Topliss-reactive ketones (excluding diaryl/α,β-unsaturated/α-hetero) is 1. The summed E-state index contributed by atoms with van der Waals surface area (Å²) >= 11 is 0. The Bertz CT molecular complexity index is 1370. The molecule has 1 aromatic carbocycles. The van der Waals surface area contributed by atoms with Crippen molar-refractivity contribution in [1.82, 2.24) is 9.88 Å². The van der Waals surface area contributed by atoms with Crippen molar-refractivity contribution in [2.45, 2.75) is 44.5 Å². The Hall–Kier alpha value is -4.16. The molecular formula is C24H20F4N4O4. The van der Waals surface area contributed by atoms with Gasteiger partial charge in [0, 0.05) is 37.2 Å². The van der Waals surface area contributed by atoms with Gasteiger partial charge in [-0.05, 0) is 37.6 Å². The maximum Gasteiger partial charge on any atom is 0.457 e. The monoisotopic (exact) mass is 504 g/mol. The van der Waals surface area contributed by atoms with Crippen molar-refractivity contribution in [3.05, 3.63) is 52.1 Å². The van der Waals surface area contributed by atoms with E-state index < -0.39 is 41.2 Å². The number of carbonyl (C=O) groups excluding carboxylic acids is 3. The summed E-state index contributed by atoms with van der Waals surface area (Å²) in [7, 11) is 1.47. The van der Waals surface area contributed by atoms with Crippen LogP contribution >= 0.6 is 0 Å². The number of anilines is 1. The third-order valence-electron chi connectivity index (χ3n) is 5.89. The van der Waals surface area contributed by atoms with Gasteiger partial charge >= 0.3 is 6.18 Å². The van der Waals surface area contributed by atoms with Gasteiger partial charge in [-0.1, -0.05) is 5.92 Å². The normalized spacial score (nSPS) is 18.8. The summed E-state index contributed by atoms with van der Waals surface area (Å²) in [6.45, 7) is 2.89. The lowest BCUT2D eigenvalue weighted by Crippen LogP contribution is -2.60. The van der Waals surface area contributed by atoms with Crippen molar-refractivity contribution in [1.29, 1.82) is 5.26 Å². The van der Waals surface area contributed by atoms with E-state index in [1.165, 1.54) is 31.5 Å². The second kappa shape index (κ2) is 9.47. The lowest BCUT2D eigenvalue weighted by molar-refractivity contribution is -0.120. The minimum absolute atomic E-state index is 0.00266. The number of nitriles is 1. The summed E-state index contributed by atoms with van der Waals surface area (Å²) in [6.07, 6.45) is -6.36. The molecule has 0 spiro atoms. The van der Waals surface area contributed by atoms with E-state index in [1.54, 1.807) is 6.07 Å². The zero-order valence-electron chi connectivity index (χ0n) is 19.3. The van der Waals surface area contributed by atoms with Gasteiger partial charge in [0.1, 0.15) is 23.1 Å². The number of hydrogen-bond acceptors (Lipinski definition) is 5. The zero-order valence-corrected chi connectivity index (χ0v) is 19.3. The zero-order chi connectivity index (χ0) is 27.0. The van der Waals surface area contributed by atoms with Crippen LogP contribution in [0.15, 0.2) is 18.2 Å². The van der Waals surface area contributed by atoms with Gasteiger partial charge in [-0.2, -0.15) is 18.4 Å². The summed E-state index contributed by atoms with van der Waals surface area (Å²) in [5.41, 5.74) is -1.65. The number of rotatable bonds is 5. The third kappa shape index (κ3) is 5.24. The Morgan fingerprint density at radius 1 is 1.22 bits per heavy atom. The fraction of sp³-hybridized carbons (Fsp3) is 0.333. The number of nitrogens with one attached hydrogen (secondary N) is 2. The highest BCUT2D eigenvalue weighted by atomic mass is 19.4. The summed E-state index contributed by atoms with van der Waals surface area (Å²) in [4.78, 5) is 38.6. The standard InChI is InChI=1S/C24H20F4N4O4/c1-12-18(20(34)22(36)31-23(9-16(33)10-23)6-7-24(26,27)28)13(2)32(3)19(12)21(35)30-15-4-5-17(25)14(8-15)11-29/h4-5,8,16,33H,9-10H2,1-3H3,(H,30,35)(H,31,36). The average Bonchev–Trinajstić information content (AvgIpc) is 2.99. The van der Waals surface area contributed by atoms with Gasteiger partial charge in [0.25, 0.3) is 17.6 Å². The lowest BCUT2D eigenvalue weighted by Gasteiger charge is -2.41. The molecule has 0 bridgehead atoms. The molecule has 1 saturated carbocycles. The minimum Gasteiger partial charge on any atom is -0.393 e. The molecule has 0 saturated heterocycles. The molecule has 1 fully saturated rings. The van der Waals surface area contributed by atoms with Crippen molar-refractivity contribution < 1.29 is 37.1 Å². The minimum atomic E-state index is -4.82. The predicted octanol–water partition coefficient (Wildman–Crippen LogP) is 2.66. The molecular weight excluding hydrogens is 484 g/mol. The van der Waals surface area contributed by atoms with Gasteiger partial charge < -0.3 is 20.3 Å². The fourth-order valence-corrected chi connectivity index (χ4v) is 4.07. The first-order chi connectivity index (χ1) is 16.7. The summed E-state index contributed by atoms with van der Waals surface area (Å²) < 4.78 is 52.6. The predicted molar refractivity (Wildman–Crippen MR) is 118 cm³/mol. The molecule has 0 atom stereocenters. The van der Waals surface area contributed by atoms with E-state index in [0.29, 0.717) is 0 Å². The van der Waals surface area contributed by atoms with Gasteiger partial charge in [-0.3, -0.25) is 14.4 Å². The summed E-state index contributed by atoms with van der Waals surface area (Å²) in [5.74, 6) is -0.830. The highest BCUT2D eigenvalue weighted by Crippen LogP contribution is 2.33. The van der Waals surface area contributed by atoms with E-state index >= 15 is 0 Å². The first kappa shape index (κ1) is 26.4. The van der Waals surface area contributed by atoms with Crippen LogP contribution in [0.4, 0.5) is 23.2 Å². The maximum absolute atomic E-state index is 13.6. The van der Waals surface area contributed by atoms with Crippen LogP contribution in [0.2, 0.25) is 0 Å². The Kier molecular flexibility index (Phi) is 6.96. The van der Waals surface area contributed by atoms with Crippen molar-refractivity contribution >= 4 is 23.3 Å². The fourth-order valence-electron chi connectivity index (χ4n) is 4.07. The van der Waals surface area contributed by atoms with E-state index in [-0.39, 0.29) is 46.6 Å². The molecule has 188 valence electrons. The molecule has 3 rings (SSSR count). The SMILES string of the molecule is Cc1c(C(=O)C(=O)NC2(C#CC(F)(F)F)CC(O)C2)c(C)n(C)c1C(=O)Nc1ccc(F)c(C#N)c1. The molecule has 2 amide bonds. The number of alkyl halides is 3. The molecule has 1 aliphatic rings. The number of nitrogens with zero attached hydrogens (tertiary/aromatic N) is 2. The van der Waals surface area contributed by atoms with Crippen LogP contribution in [0.25, 0.3) is 0 Å². The van der Waals surface area contributed by atoms with E-state index in [4.69, 9.17) is 5.26 Å². The second-order valence-electron chi connectivity index (χ2n) is 8.43. The van der Waals surface area contributed by atoms with Gasteiger partial charge in [0.2, 0.25) is 0 Å². The van der Waals surface area contributed by atoms with E-state index in [1.807, 2.05) is 5.92 Å². The molecule has 1 aliphatic carbocycles. The Balaban J connectivity index is 1.87. The third-order valence-corrected chi connectivity index (χ3v) is 5.89. The quantitative estimate of drug-likeness (QED) is 0.250. The van der Waals surface area contributed by atoms with Crippen LogP contribution < -0.4 is 10.6 Å². The van der Waals surface area contributed by atoms with E-state index in [2.05, 4.69) is 10.6 Å². The molecule has 0 unspecified atom stereocenters. The molecule has 12 heteroatoms. The molecule has 1 aromatic heterocycles. The number of halogens is 4. The van der Waals surface area contributed by atoms with Crippen LogP contribution in [-0.4, -0.2) is 45.1 Å². The van der Waals surface area contributed by atoms with E-state index in [0.717, 1.165) is 18.1 Å². The maximum atomic E-state index is 13.6. The highest BCUT2D eigenvalue weighted by Gasteiger charge is 2.45. The largest absolute Gasteiger partial charge is 0.457 e. The van der Waals surface area contributed by atoms with Crippen LogP contribution in [0.1, 0.15) is 50.5 Å². The first-order valence-corrected chi connectivity index (χ1v) is 10.5. The van der Waals surface area contributed by atoms with Crippen LogP contribution in [0, 0.1) is 42.8 Å². The van der Waals surface area contributed by atoms with E-state index in [9.17, 15) is 37.1 Å². The summed E-state index contributed by atoms with van der Waals surface area (Å²) in [5, 5.41) is 23.2. The van der Waals surface area contributed by atoms with Crippen LogP contribution in [0.3, 0.4) is 0 Å². The number of carbonyl (C=O) groups is 3. The lowest BCUT2D eigenvalue weighted by atomic mass is 9.74. The number of aliphatic hydroxyl groups is 1. The number of hydrogen-bond donors (Lipinski definition) is 3. The smallest absolute Gasteiger partial charge is 0.393 e. The summed E-state index contributed by atoms with van der Waals surface area (Å²) in [6, 6.07) is 5.03. The van der Waals surface area contributed by atoms with Crippen molar-refractivity contribution in [3.8, 4) is 17.9 Å². The molecule has 0 aliphatic heterocycles. The topological polar surface area (TPSA) is 124 Å². The van der Waals surface area contributed by atoms with Gasteiger partial charge in [0.05, 0.1) is 17.2 Å². The highest BCUT2D eigenvalue weighted by molar-refractivity contribution is 6.44. The Morgan fingerprint density at radius 3 is 2.42 bits per heavy atom. The Morgan fingerprint density at radius 2 is 1.86 bits per heavy atom. The van der Waals surface area contributed by atoms with Crippen molar-refractivity contribution in [3.63, 3.8) is 0 Å². The first-order valence-electron chi connectivity index (χ1n) is 10.5. The van der Waals surface area contributed by atoms with Gasteiger partial charge in [-0.25, -0.2) is 4.39 Å².